The minimum Gasteiger partial charge on any atom is -0.330 e. The molecule has 0 unspecified atom stereocenters. The monoisotopic (exact) mass is 274 g/mol. The minimum atomic E-state index is -0.384. The second kappa shape index (κ2) is 4.93. The van der Waals surface area contributed by atoms with Gasteiger partial charge in [-0.1, -0.05) is 49.6 Å². The Bertz CT molecular complexity index is 494. The van der Waals surface area contributed by atoms with Crippen LogP contribution in [0.4, 0.5) is 0 Å². The Morgan fingerprint density at radius 1 is 1.16 bits per heavy atom. The molecule has 0 radical (unpaired) electrons. The molecule has 1 amide bonds. The third kappa shape index (κ3) is 2.14. The van der Waals surface area contributed by atoms with Crippen molar-refractivity contribution in [2.45, 2.75) is 44.2 Å². The van der Waals surface area contributed by atoms with Crippen LogP contribution < -0.4 is 5.32 Å². The van der Waals surface area contributed by atoms with Crippen LogP contribution in [0.3, 0.4) is 0 Å². The molecular weight excluding hydrogens is 256 g/mol. The average Bonchev–Trinajstić information content (AvgIpc) is 2.66. The molecule has 1 N–H and O–H groups in total. The fraction of sp³-hybridized carbons (Fsp3) is 0.467. The highest BCUT2D eigenvalue weighted by molar-refractivity contribution is 7.80. The van der Waals surface area contributed by atoms with Crippen LogP contribution in [-0.2, 0) is 11.3 Å². The second-order valence-corrected chi connectivity index (χ2v) is 5.81. The third-order valence-corrected chi connectivity index (χ3v) is 4.59. The summed E-state index contributed by atoms with van der Waals surface area (Å²) in [5, 5.41) is 3.46. The fourth-order valence-corrected chi connectivity index (χ4v) is 3.55. The van der Waals surface area contributed by atoms with Crippen molar-refractivity contribution in [2.24, 2.45) is 0 Å². The summed E-state index contributed by atoms with van der Waals surface area (Å²) >= 11 is 5.36. The van der Waals surface area contributed by atoms with Gasteiger partial charge in [-0.2, -0.15) is 0 Å². The lowest BCUT2D eigenvalue weighted by molar-refractivity contribution is -0.128. The van der Waals surface area contributed by atoms with Gasteiger partial charge in [0.15, 0.2) is 5.11 Å². The molecule has 4 heteroatoms. The second-order valence-electron chi connectivity index (χ2n) is 5.42. The minimum absolute atomic E-state index is 0.105. The lowest BCUT2D eigenvalue weighted by atomic mass is 9.80. The molecule has 3 nitrogen and oxygen atoms in total. The quantitative estimate of drug-likeness (QED) is 0.841. The van der Waals surface area contributed by atoms with Crippen LogP contribution in [0.15, 0.2) is 30.3 Å². The summed E-state index contributed by atoms with van der Waals surface area (Å²) in [7, 11) is 0. The van der Waals surface area contributed by atoms with Crippen molar-refractivity contribution in [2.75, 3.05) is 0 Å². The van der Waals surface area contributed by atoms with E-state index in [-0.39, 0.29) is 11.4 Å². The van der Waals surface area contributed by atoms with Gasteiger partial charge in [-0.25, -0.2) is 0 Å². The molecule has 2 aliphatic rings. The Morgan fingerprint density at radius 2 is 1.84 bits per heavy atom. The maximum atomic E-state index is 12.3. The Balaban J connectivity index is 1.88. The van der Waals surface area contributed by atoms with Crippen molar-refractivity contribution in [3.8, 4) is 0 Å². The van der Waals surface area contributed by atoms with Gasteiger partial charge in [-0.3, -0.25) is 4.79 Å². The van der Waals surface area contributed by atoms with E-state index in [1.807, 2.05) is 18.2 Å². The predicted molar refractivity (Wildman–Crippen MR) is 78.5 cm³/mol. The molecule has 0 bridgehead atoms. The molecule has 0 aromatic heterocycles. The van der Waals surface area contributed by atoms with Crippen LogP contribution >= 0.6 is 12.2 Å². The molecule has 19 heavy (non-hydrogen) atoms. The Labute approximate surface area is 119 Å². The molecule has 2 fully saturated rings. The van der Waals surface area contributed by atoms with Gasteiger partial charge in [-0.15, -0.1) is 0 Å². The van der Waals surface area contributed by atoms with E-state index >= 15 is 0 Å². The normalized spacial score (nSPS) is 21.8. The first-order chi connectivity index (χ1) is 9.22. The van der Waals surface area contributed by atoms with Gasteiger partial charge in [0.2, 0.25) is 0 Å². The van der Waals surface area contributed by atoms with Gasteiger partial charge in [0, 0.05) is 6.54 Å². The van der Waals surface area contributed by atoms with Gasteiger partial charge in [-0.05, 0) is 30.6 Å². The molecule has 1 saturated heterocycles. The van der Waals surface area contributed by atoms with Gasteiger partial charge < -0.3 is 10.2 Å². The molecule has 1 saturated carbocycles. The van der Waals surface area contributed by atoms with Gasteiger partial charge in [0.25, 0.3) is 5.91 Å². The van der Waals surface area contributed by atoms with E-state index in [2.05, 4.69) is 22.3 Å². The number of rotatable bonds is 2. The number of hydrogen-bond donors (Lipinski definition) is 1. The van der Waals surface area contributed by atoms with Crippen molar-refractivity contribution in [3.63, 3.8) is 0 Å². The van der Waals surface area contributed by atoms with E-state index in [1.54, 1.807) is 0 Å². The maximum Gasteiger partial charge on any atom is 0.252 e. The number of carbonyl (C=O) groups is 1. The van der Waals surface area contributed by atoms with Crippen LogP contribution in [0.25, 0.3) is 0 Å². The van der Waals surface area contributed by atoms with Crippen molar-refractivity contribution < 1.29 is 4.79 Å². The Kier molecular flexibility index (Phi) is 3.27. The van der Waals surface area contributed by atoms with Crippen LogP contribution in [-0.4, -0.2) is 21.5 Å². The standard InChI is InChI=1S/C15H18N2OS/c18-13-15(9-5-2-6-10-15)17(14(19)16-13)11-12-7-3-1-4-8-12/h1,3-4,7-8H,2,5-6,9-11H2,(H,16,18,19). The average molecular weight is 274 g/mol. The van der Waals surface area contributed by atoms with E-state index in [0.717, 1.165) is 32.2 Å². The fourth-order valence-electron chi connectivity index (χ4n) is 3.22. The number of nitrogens with one attached hydrogen (secondary N) is 1. The van der Waals surface area contributed by atoms with Crippen LogP contribution in [0.1, 0.15) is 37.7 Å². The number of nitrogens with zero attached hydrogens (tertiary/aromatic N) is 1. The summed E-state index contributed by atoms with van der Waals surface area (Å²) in [4.78, 5) is 14.4. The molecule has 1 spiro atoms. The molecule has 1 aromatic rings. The van der Waals surface area contributed by atoms with Crippen molar-refractivity contribution in [1.82, 2.24) is 10.2 Å². The third-order valence-electron chi connectivity index (χ3n) is 4.27. The van der Waals surface area contributed by atoms with Gasteiger partial charge >= 0.3 is 0 Å². The van der Waals surface area contributed by atoms with E-state index in [9.17, 15) is 4.79 Å². The largest absolute Gasteiger partial charge is 0.330 e. The van der Waals surface area contributed by atoms with Crippen molar-refractivity contribution in [1.29, 1.82) is 0 Å². The summed E-state index contributed by atoms with van der Waals surface area (Å²) in [6, 6.07) is 10.2. The SMILES string of the molecule is O=C1NC(=S)N(Cc2ccccc2)C12CCCCC2. The lowest BCUT2D eigenvalue weighted by Crippen LogP contribution is -2.50. The predicted octanol–water partition coefficient (Wildman–Crippen LogP) is 2.61. The van der Waals surface area contributed by atoms with E-state index in [4.69, 9.17) is 12.2 Å². The Hall–Kier alpha value is -1.42. The summed E-state index contributed by atoms with van der Waals surface area (Å²) in [5.41, 5.74) is 0.817. The zero-order valence-corrected chi connectivity index (χ0v) is 11.7. The molecule has 1 aliphatic carbocycles. The number of amides is 1. The van der Waals surface area contributed by atoms with E-state index < -0.39 is 0 Å². The van der Waals surface area contributed by atoms with Crippen LogP contribution in [0.2, 0.25) is 0 Å². The summed E-state index contributed by atoms with van der Waals surface area (Å²) in [5.74, 6) is 0.105. The van der Waals surface area contributed by atoms with Crippen LogP contribution in [0.5, 0.6) is 0 Å². The summed E-state index contributed by atoms with van der Waals surface area (Å²) in [6.07, 6.45) is 5.29. The lowest BCUT2D eigenvalue weighted by Gasteiger charge is -2.39. The van der Waals surface area contributed by atoms with E-state index in [1.165, 1.54) is 12.0 Å². The zero-order valence-electron chi connectivity index (χ0n) is 10.9. The number of carbonyl (C=O) groups excluding carboxylic acids is 1. The Morgan fingerprint density at radius 3 is 2.53 bits per heavy atom. The highest BCUT2D eigenvalue weighted by Crippen LogP contribution is 2.38. The molecule has 1 aliphatic heterocycles. The highest BCUT2D eigenvalue weighted by atomic mass is 32.1. The zero-order chi connectivity index (χ0) is 13.3. The first-order valence-electron chi connectivity index (χ1n) is 6.89. The van der Waals surface area contributed by atoms with E-state index in [0.29, 0.717) is 5.11 Å². The van der Waals surface area contributed by atoms with Crippen molar-refractivity contribution >= 4 is 23.2 Å². The van der Waals surface area contributed by atoms with Gasteiger partial charge in [0.05, 0.1) is 0 Å². The first kappa shape index (κ1) is 12.6. The number of benzene rings is 1. The highest BCUT2D eigenvalue weighted by Gasteiger charge is 2.50. The van der Waals surface area contributed by atoms with Crippen molar-refractivity contribution in [3.05, 3.63) is 35.9 Å². The molecular formula is C15H18N2OS. The topological polar surface area (TPSA) is 32.3 Å². The smallest absolute Gasteiger partial charge is 0.252 e. The van der Waals surface area contributed by atoms with Gasteiger partial charge in [0.1, 0.15) is 5.54 Å². The summed E-state index contributed by atoms with van der Waals surface area (Å²) in [6.45, 7) is 0.721. The molecule has 100 valence electrons. The molecule has 3 rings (SSSR count). The number of thiocarbonyl (C=S) groups is 1. The van der Waals surface area contributed by atoms with Crippen LogP contribution in [0, 0.1) is 0 Å². The maximum absolute atomic E-state index is 12.3. The summed E-state index contributed by atoms with van der Waals surface area (Å²) < 4.78 is 0. The molecule has 0 atom stereocenters. The first-order valence-corrected chi connectivity index (χ1v) is 7.30. The molecule has 1 heterocycles. The number of hydrogen-bond acceptors (Lipinski definition) is 2. The molecule has 1 aromatic carbocycles.